The fourth-order valence-electron chi connectivity index (χ4n) is 1.25. The minimum atomic E-state index is 0.0787. The fraction of sp³-hybridized carbons (Fsp3) is 0.571. The van der Waals surface area contributed by atoms with Crippen LogP contribution in [0, 0.1) is 5.41 Å². The quantitative estimate of drug-likeness (QED) is 0.577. The SMILES string of the molecule is CCN(C)/C(C)=C/C(=C\C=C\O)C(C)(C)C. The van der Waals surface area contributed by atoms with Gasteiger partial charge in [0.15, 0.2) is 0 Å². The van der Waals surface area contributed by atoms with Gasteiger partial charge in [-0.15, -0.1) is 0 Å². The maximum absolute atomic E-state index is 8.71. The van der Waals surface area contributed by atoms with Gasteiger partial charge in [0, 0.05) is 19.3 Å². The molecule has 0 saturated carbocycles. The summed E-state index contributed by atoms with van der Waals surface area (Å²) in [6.07, 6.45) is 6.85. The number of aliphatic hydroxyl groups excluding tert-OH is 1. The van der Waals surface area contributed by atoms with Crippen molar-refractivity contribution in [2.24, 2.45) is 5.41 Å². The summed E-state index contributed by atoms with van der Waals surface area (Å²) in [7, 11) is 2.08. The third kappa shape index (κ3) is 5.06. The van der Waals surface area contributed by atoms with Crippen LogP contribution in [0.1, 0.15) is 34.6 Å². The highest BCUT2D eigenvalue weighted by atomic mass is 16.2. The minimum Gasteiger partial charge on any atom is -0.516 e. The van der Waals surface area contributed by atoms with Gasteiger partial charge in [-0.3, -0.25) is 0 Å². The Morgan fingerprint density at radius 2 is 1.88 bits per heavy atom. The molecule has 0 aliphatic carbocycles. The number of hydrogen-bond donors (Lipinski definition) is 1. The zero-order chi connectivity index (χ0) is 12.8. The lowest BCUT2D eigenvalue weighted by Crippen LogP contribution is -2.16. The Balaban J connectivity index is 5.09. The molecule has 0 aromatic carbocycles. The van der Waals surface area contributed by atoms with Crippen LogP contribution >= 0.6 is 0 Å². The molecule has 0 amide bonds. The average molecular weight is 223 g/mol. The molecular formula is C14H25NO. The third-order valence-electron chi connectivity index (χ3n) is 2.67. The summed E-state index contributed by atoms with van der Waals surface area (Å²) in [6, 6.07) is 0. The zero-order valence-electron chi connectivity index (χ0n) is 11.4. The van der Waals surface area contributed by atoms with Gasteiger partial charge in [0.05, 0.1) is 6.26 Å². The summed E-state index contributed by atoms with van der Waals surface area (Å²) in [6.45, 7) is 11.7. The van der Waals surface area contributed by atoms with Crippen LogP contribution in [-0.2, 0) is 0 Å². The normalized spacial score (nSPS) is 14.6. The standard InChI is InChI=1S/C14H25NO/c1-7-15(6)12(2)11-13(9-8-10-16)14(3,4)5/h8-11,16H,7H2,1-6H3/b10-8+,12-11+,13-9+. The van der Waals surface area contributed by atoms with Crippen molar-refractivity contribution in [3.8, 4) is 0 Å². The van der Waals surface area contributed by atoms with E-state index >= 15 is 0 Å². The molecule has 0 rings (SSSR count). The highest BCUT2D eigenvalue weighted by Crippen LogP contribution is 2.27. The molecule has 0 spiro atoms. The molecular weight excluding hydrogens is 198 g/mol. The van der Waals surface area contributed by atoms with Gasteiger partial charge in [0.2, 0.25) is 0 Å². The van der Waals surface area contributed by atoms with Crippen LogP contribution in [0.5, 0.6) is 0 Å². The number of aliphatic hydroxyl groups is 1. The van der Waals surface area contributed by atoms with Crippen LogP contribution in [0.3, 0.4) is 0 Å². The molecule has 16 heavy (non-hydrogen) atoms. The molecule has 0 saturated heterocycles. The number of allylic oxidation sites excluding steroid dienone is 5. The highest BCUT2D eigenvalue weighted by Gasteiger charge is 2.14. The molecule has 1 N–H and O–H groups in total. The Morgan fingerprint density at radius 3 is 2.25 bits per heavy atom. The molecule has 2 heteroatoms. The lowest BCUT2D eigenvalue weighted by molar-refractivity contribution is 0.438. The zero-order valence-corrected chi connectivity index (χ0v) is 11.4. The maximum Gasteiger partial charge on any atom is 0.0791 e. The first-order valence-electron chi connectivity index (χ1n) is 5.74. The largest absolute Gasteiger partial charge is 0.516 e. The summed E-state index contributed by atoms with van der Waals surface area (Å²) in [4.78, 5) is 2.20. The minimum absolute atomic E-state index is 0.0787. The third-order valence-corrected chi connectivity index (χ3v) is 2.67. The summed E-state index contributed by atoms with van der Waals surface area (Å²) in [5.74, 6) is 0. The van der Waals surface area contributed by atoms with Crippen LogP contribution in [0.2, 0.25) is 0 Å². The average Bonchev–Trinajstić information content (AvgIpc) is 2.20. The molecule has 0 aliphatic rings. The Hall–Kier alpha value is -1.18. The molecule has 0 unspecified atom stereocenters. The number of rotatable bonds is 4. The predicted octanol–water partition coefficient (Wildman–Crippen LogP) is 3.89. The molecule has 0 atom stereocenters. The monoisotopic (exact) mass is 223 g/mol. The predicted molar refractivity (Wildman–Crippen MR) is 71.4 cm³/mol. The van der Waals surface area contributed by atoms with Gasteiger partial charge in [0.1, 0.15) is 0 Å². The smallest absolute Gasteiger partial charge is 0.0791 e. The summed E-state index contributed by atoms with van der Waals surface area (Å²) >= 11 is 0. The van der Waals surface area contributed by atoms with Crippen molar-refractivity contribution in [2.75, 3.05) is 13.6 Å². The van der Waals surface area contributed by atoms with Gasteiger partial charge in [-0.1, -0.05) is 26.8 Å². The summed E-state index contributed by atoms with van der Waals surface area (Å²) < 4.78 is 0. The van der Waals surface area contributed by atoms with E-state index in [4.69, 9.17) is 5.11 Å². The van der Waals surface area contributed by atoms with E-state index in [-0.39, 0.29) is 5.41 Å². The van der Waals surface area contributed by atoms with Crippen molar-refractivity contribution in [1.29, 1.82) is 0 Å². The summed E-state index contributed by atoms with van der Waals surface area (Å²) in [5, 5.41) is 8.71. The lowest BCUT2D eigenvalue weighted by atomic mass is 9.85. The molecule has 0 bridgehead atoms. The first-order chi connectivity index (χ1) is 7.32. The number of hydrogen-bond acceptors (Lipinski definition) is 2. The van der Waals surface area contributed by atoms with Crippen LogP contribution < -0.4 is 0 Å². The molecule has 0 aromatic heterocycles. The fourth-order valence-corrected chi connectivity index (χ4v) is 1.25. The van der Waals surface area contributed by atoms with Crippen molar-refractivity contribution in [3.05, 3.63) is 35.8 Å². The molecule has 0 aromatic rings. The van der Waals surface area contributed by atoms with Crippen molar-refractivity contribution in [2.45, 2.75) is 34.6 Å². The van der Waals surface area contributed by atoms with Crippen LogP contribution in [0.25, 0.3) is 0 Å². The second kappa shape index (κ2) is 6.41. The van der Waals surface area contributed by atoms with E-state index in [2.05, 4.69) is 52.6 Å². The number of nitrogens with zero attached hydrogens (tertiary/aromatic N) is 1. The van der Waals surface area contributed by atoms with Crippen LogP contribution in [0.15, 0.2) is 35.8 Å². The molecule has 92 valence electrons. The Bertz CT molecular complexity index is 292. The van der Waals surface area contributed by atoms with Crippen molar-refractivity contribution >= 4 is 0 Å². The first kappa shape index (κ1) is 14.8. The van der Waals surface area contributed by atoms with E-state index in [0.29, 0.717) is 0 Å². The van der Waals surface area contributed by atoms with Gasteiger partial charge in [-0.2, -0.15) is 0 Å². The van der Waals surface area contributed by atoms with E-state index < -0.39 is 0 Å². The van der Waals surface area contributed by atoms with Crippen molar-refractivity contribution in [1.82, 2.24) is 4.90 Å². The summed E-state index contributed by atoms with van der Waals surface area (Å²) in [5.41, 5.74) is 2.51. The molecule has 2 nitrogen and oxygen atoms in total. The van der Waals surface area contributed by atoms with E-state index in [1.165, 1.54) is 11.3 Å². The Labute approximate surface area is 100.0 Å². The van der Waals surface area contributed by atoms with Gasteiger partial charge >= 0.3 is 0 Å². The maximum atomic E-state index is 8.71. The van der Waals surface area contributed by atoms with E-state index in [1.807, 2.05) is 6.08 Å². The molecule has 0 fully saturated rings. The highest BCUT2D eigenvalue weighted by molar-refractivity contribution is 5.30. The van der Waals surface area contributed by atoms with Crippen LogP contribution in [-0.4, -0.2) is 23.6 Å². The van der Waals surface area contributed by atoms with Gasteiger partial charge in [-0.05, 0) is 37.0 Å². The van der Waals surface area contributed by atoms with E-state index in [0.717, 1.165) is 12.8 Å². The second-order valence-corrected chi connectivity index (χ2v) is 5.01. The van der Waals surface area contributed by atoms with Crippen LogP contribution in [0.4, 0.5) is 0 Å². The van der Waals surface area contributed by atoms with Crippen molar-refractivity contribution in [3.63, 3.8) is 0 Å². The van der Waals surface area contributed by atoms with Gasteiger partial charge in [0.25, 0.3) is 0 Å². The van der Waals surface area contributed by atoms with E-state index in [9.17, 15) is 0 Å². The first-order valence-corrected chi connectivity index (χ1v) is 5.74. The lowest BCUT2D eigenvalue weighted by Gasteiger charge is -2.24. The Morgan fingerprint density at radius 1 is 1.31 bits per heavy atom. The van der Waals surface area contributed by atoms with Gasteiger partial charge in [-0.25, -0.2) is 0 Å². The molecule has 0 aliphatic heterocycles. The molecule has 0 radical (unpaired) electrons. The molecule has 0 heterocycles. The van der Waals surface area contributed by atoms with Gasteiger partial charge < -0.3 is 10.0 Å². The second-order valence-electron chi connectivity index (χ2n) is 5.01. The van der Waals surface area contributed by atoms with E-state index in [1.54, 1.807) is 6.08 Å². The van der Waals surface area contributed by atoms with Crippen molar-refractivity contribution < 1.29 is 5.11 Å². The topological polar surface area (TPSA) is 23.5 Å². The Kier molecular flexibility index (Phi) is 5.94.